The van der Waals surface area contributed by atoms with Gasteiger partial charge in [0.15, 0.2) is 5.11 Å². The van der Waals surface area contributed by atoms with Gasteiger partial charge < -0.3 is 16.0 Å². The van der Waals surface area contributed by atoms with Gasteiger partial charge in [-0.05, 0) is 57.3 Å². The van der Waals surface area contributed by atoms with E-state index < -0.39 is 5.76 Å². The predicted octanol–water partition coefficient (Wildman–Crippen LogP) is 3.20. The van der Waals surface area contributed by atoms with Gasteiger partial charge in [-0.3, -0.25) is 4.79 Å². The summed E-state index contributed by atoms with van der Waals surface area (Å²) in [5.74, 6) is -2.61. The average Bonchev–Trinajstić information content (AvgIpc) is 2.36. The maximum absolute atomic E-state index is 12.2. The van der Waals surface area contributed by atoms with Crippen molar-refractivity contribution in [2.24, 2.45) is 0 Å². The second kappa shape index (κ2) is 8.28. The maximum atomic E-state index is 12.2. The van der Waals surface area contributed by atoms with Crippen LogP contribution in [0.5, 0.6) is 0 Å². The van der Waals surface area contributed by atoms with E-state index in [-0.39, 0.29) is 18.0 Å². The smallest absolute Gasteiger partial charge is 0.288 e. The van der Waals surface area contributed by atoms with Crippen molar-refractivity contribution >= 4 is 40.7 Å². The van der Waals surface area contributed by atoms with Gasteiger partial charge in [0, 0.05) is 16.1 Å². The number of nitrogens with one attached hydrogen (secondary N) is 3. The third-order valence-electron chi connectivity index (χ3n) is 2.26. The Hall–Kier alpha value is -1.41. The maximum Gasteiger partial charge on any atom is 0.288 e. The number of thiocarbonyl (C=S) groups is 1. The molecule has 0 spiro atoms. The fraction of sp³-hybridized carbons (Fsp3) is 0.429. The highest BCUT2D eigenvalue weighted by molar-refractivity contribution is 7.99. The number of halogens is 2. The molecule has 0 saturated heterocycles. The molecule has 0 aliphatic rings. The first-order valence-corrected chi connectivity index (χ1v) is 7.85. The molecular formula is C14H19F2N3OS2. The minimum atomic E-state index is -2.44. The van der Waals surface area contributed by atoms with Crippen LogP contribution in [-0.2, 0) is 4.79 Å². The van der Waals surface area contributed by atoms with E-state index in [0.717, 1.165) is 0 Å². The number of hydrogen-bond donors (Lipinski definition) is 3. The van der Waals surface area contributed by atoms with Crippen LogP contribution in [0, 0.1) is 0 Å². The van der Waals surface area contributed by atoms with Gasteiger partial charge in [-0.25, -0.2) is 0 Å². The molecule has 8 heteroatoms. The molecular weight excluding hydrogens is 328 g/mol. The summed E-state index contributed by atoms with van der Waals surface area (Å²) >= 11 is 5.55. The summed E-state index contributed by atoms with van der Waals surface area (Å²) < 4.78 is 24.4. The van der Waals surface area contributed by atoms with E-state index in [1.54, 1.807) is 24.3 Å². The molecule has 0 aliphatic heterocycles. The van der Waals surface area contributed by atoms with Crippen molar-refractivity contribution in [2.45, 2.75) is 37.0 Å². The van der Waals surface area contributed by atoms with E-state index in [1.807, 2.05) is 20.8 Å². The Labute approximate surface area is 138 Å². The van der Waals surface area contributed by atoms with Crippen molar-refractivity contribution in [1.82, 2.24) is 10.6 Å². The second-order valence-corrected chi connectivity index (χ2v) is 6.98. The Balaban J connectivity index is 2.40. The van der Waals surface area contributed by atoms with Crippen LogP contribution >= 0.6 is 24.0 Å². The van der Waals surface area contributed by atoms with Gasteiger partial charge in [-0.15, -0.1) is 0 Å². The van der Waals surface area contributed by atoms with E-state index >= 15 is 0 Å². The molecule has 1 amide bonds. The first kappa shape index (κ1) is 18.6. The van der Waals surface area contributed by atoms with Gasteiger partial charge in [0.2, 0.25) is 5.91 Å². The lowest BCUT2D eigenvalue weighted by Gasteiger charge is -2.21. The molecule has 0 heterocycles. The summed E-state index contributed by atoms with van der Waals surface area (Å²) in [6.45, 7) is 5.73. The number of rotatable bonds is 5. The number of carbonyl (C=O) groups excluding carboxylic acids is 1. The zero-order valence-corrected chi connectivity index (χ0v) is 14.2. The Bertz CT molecular complexity index is 516. The van der Waals surface area contributed by atoms with Crippen molar-refractivity contribution in [2.75, 3.05) is 11.9 Å². The molecule has 4 nitrogen and oxygen atoms in total. The van der Waals surface area contributed by atoms with Gasteiger partial charge in [0.1, 0.15) is 0 Å². The number of carbonyl (C=O) groups is 1. The molecule has 0 radical (unpaired) electrons. The minimum absolute atomic E-state index is 0.0580. The quantitative estimate of drug-likeness (QED) is 0.564. The van der Waals surface area contributed by atoms with Crippen molar-refractivity contribution in [3.63, 3.8) is 0 Å². The lowest BCUT2D eigenvalue weighted by Crippen LogP contribution is -2.46. The van der Waals surface area contributed by atoms with Crippen molar-refractivity contribution < 1.29 is 13.6 Å². The molecule has 0 fully saturated rings. The number of anilines is 1. The largest absolute Gasteiger partial charge is 0.353 e. The fourth-order valence-corrected chi connectivity index (χ4v) is 2.21. The Kier molecular flexibility index (Phi) is 7.02. The fourth-order valence-electron chi connectivity index (χ4n) is 1.52. The molecule has 0 saturated carbocycles. The molecule has 0 aliphatic carbocycles. The lowest BCUT2D eigenvalue weighted by molar-refractivity contribution is -0.121. The number of thioether (sulfide) groups is 1. The topological polar surface area (TPSA) is 53.2 Å². The lowest BCUT2D eigenvalue weighted by atomic mass is 10.1. The van der Waals surface area contributed by atoms with Crippen molar-refractivity contribution in [3.8, 4) is 0 Å². The summed E-state index contributed by atoms with van der Waals surface area (Å²) in [5.41, 5.74) is 0.360. The highest BCUT2D eigenvalue weighted by Crippen LogP contribution is 2.26. The zero-order chi connectivity index (χ0) is 16.8. The first-order chi connectivity index (χ1) is 10.2. The molecule has 0 atom stereocenters. The standard InChI is InChI=1S/C14H19F2N3OS2/c1-14(2,3)19-11(20)8-17-13(21)18-9-4-6-10(7-5-9)22-12(15)16/h4-7,12H,8H2,1-3H3,(H,19,20)(H2,17,18,21). The highest BCUT2D eigenvalue weighted by atomic mass is 32.2. The average molecular weight is 347 g/mol. The zero-order valence-electron chi connectivity index (χ0n) is 12.6. The Morgan fingerprint density at radius 2 is 1.86 bits per heavy atom. The number of amides is 1. The van der Waals surface area contributed by atoms with E-state index in [4.69, 9.17) is 12.2 Å². The normalized spacial score (nSPS) is 11.2. The Morgan fingerprint density at radius 3 is 2.36 bits per heavy atom. The van der Waals surface area contributed by atoms with Crippen LogP contribution in [0.4, 0.5) is 14.5 Å². The van der Waals surface area contributed by atoms with Crippen LogP contribution in [0.3, 0.4) is 0 Å². The van der Waals surface area contributed by atoms with Crippen LogP contribution in [0.1, 0.15) is 20.8 Å². The molecule has 0 unspecified atom stereocenters. The third-order valence-corrected chi connectivity index (χ3v) is 3.23. The summed E-state index contributed by atoms with van der Waals surface area (Å²) in [6, 6.07) is 6.45. The van der Waals surface area contributed by atoms with Gasteiger partial charge in [-0.1, -0.05) is 11.8 Å². The molecule has 0 aromatic heterocycles. The van der Waals surface area contributed by atoms with Gasteiger partial charge in [0.25, 0.3) is 5.76 Å². The van der Waals surface area contributed by atoms with Crippen LogP contribution in [0.2, 0.25) is 0 Å². The summed E-state index contributed by atoms with van der Waals surface area (Å²) in [6.07, 6.45) is 0. The Morgan fingerprint density at radius 1 is 1.27 bits per heavy atom. The van der Waals surface area contributed by atoms with E-state index in [0.29, 0.717) is 27.5 Å². The third kappa shape index (κ3) is 8.14. The van der Waals surface area contributed by atoms with Gasteiger partial charge in [-0.2, -0.15) is 8.78 Å². The second-order valence-electron chi connectivity index (χ2n) is 5.51. The van der Waals surface area contributed by atoms with Crippen LogP contribution < -0.4 is 16.0 Å². The van der Waals surface area contributed by atoms with E-state index in [1.165, 1.54) is 0 Å². The predicted molar refractivity (Wildman–Crippen MR) is 90.4 cm³/mol. The monoisotopic (exact) mass is 347 g/mol. The van der Waals surface area contributed by atoms with Crippen LogP contribution in [0.25, 0.3) is 0 Å². The SMILES string of the molecule is CC(C)(C)NC(=O)CNC(=S)Nc1ccc(SC(F)F)cc1. The molecule has 3 N–H and O–H groups in total. The van der Waals surface area contributed by atoms with Crippen LogP contribution in [-0.4, -0.2) is 28.9 Å². The number of hydrogen-bond acceptors (Lipinski definition) is 3. The summed E-state index contributed by atoms with van der Waals surface area (Å²) in [4.78, 5) is 12.1. The van der Waals surface area contributed by atoms with Crippen molar-refractivity contribution in [3.05, 3.63) is 24.3 Å². The van der Waals surface area contributed by atoms with Gasteiger partial charge in [0.05, 0.1) is 6.54 Å². The molecule has 1 aromatic rings. The highest BCUT2D eigenvalue weighted by Gasteiger charge is 2.13. The van der Waals surface area contributed by atoms with E-state index in [9.17, 15) is 13.6 Å². The molecule has 122 valence electrons. The number of benzene rings is 1. The first-order valence-electron chi connectivity index (χ1n) is 6.56. The van der Waals surface area contributed by atoms with Crippen LogP contribution in [0.15, 0.2) is 29.2 Å². The molecule has 22 heavy (non-hydrogen) atoms. The van der Waals surface area contributed by atoms with Gasteiger partial charge >= 0.3 is 0 Å². The molecule has 0 bridgehead atoms. The number of alkyl halides is 2. The summed E-state index contributed by atoms with van der Waals surface area (Å²) in [7, 11) is 0. The van der Waals surface area contributed by atoms with Crippen molar-refractivity contribution in [1.29, 1.82) is 0 Å². The van der Waals surface area contributed by atoms with E-state index in [2.05, 4.69) is 16.0 Å². The molecule has 1 rings (SSSR count). The minimum Gasteiger partial charge on any atom is -0.353 e. The molecule has 1 aromatic carbocycles. The summed E-state index contributed by atoms with van der Waals surface area (Å²) in [5, 5.41) is 8.76.